The standard InChI is InChI=1S/C16H12F3NO/c17-16(18,19)13-8-5-12(6-9-13)15(21)10-7-11-3-1-2-4-14(11)20/h1-10H,20H2. The number of carbonyl (C=O) groups is 1. The topological polar surface area (TPSA) is 43.1 Å². The smallest absolute Gasteiger partial charge is 0.398 e. The molecule has 0 aliphatic heterocycles. The van der Waals surface area contributed by atoms with Gasteiger partial charge in [0.2, 0.25) is 0 Å². The molecule has 0 saturated heterocycles. The van der Waals surface area contributed by atoms with Gasteiger partial charge >= 0.3 is 6.18 Å². The highest BCUT2D eigenvalue weighted by atomic mass is 19.4. The van der Waals surface area contributed by atoms with Crippen LogP contribution in [0.3, 0.4) is 0 Å². The molecule has 21 heavy (non-hydrogen) atoms. The quantitative estimate of drug-likeness (QED) is 0.523. The van der Waals surface area contributed by atoms with Crippen LogP contribution in [0.2, 0.25) is 0 Å². The van der Waals surface area contributed by atoms with Crippen molar-refractivity contribution in [3.8, 4) is 0 Å². The Balaban J connectivity index is 2.16. The second-order valence-electron chi connectivity index (χ2n) is 4.40. The molecule has 0 unspecified atom stereocenters. The molecule has 0 spiro atoms. The molecule has 2 aromatic rings. The van der Waals surface area contributed by atoms with Crippen molar-refractivity contribution in [2.75, 3.05) is 5.73 Å². The molecule has 0 aromatic heterocycles. The molecular weight excluding hydrogens is 279 g/mol. The third-order valence-electron chi connectivity index (χ3n) is 2.91. The van der Waals surface area contributed by atoms with E-state index >= 15 is 0 Å². The average molecular weight is 291 g/mol. The van der Waals surface area contributed by atoms with E-state index in [0.29, 0.717) is 11.3 Å². The Hall–Kier alpha value is -2.56. The molecule has 5 heteroatoms. The van der Waals surface area contributed by atoms with Crippen LogP contribution >= 0.6 is 0 Å². The summed E-state index contributed by atoms with van der Waals surface area (Å²) in [6.07, 6.45) is -1.58. The predicted molar refractivity (Wildman–Crippen MR) is 75.7 cm³/mol. The lowest BCUT2D eigenvalue weighted by atomic mass is 10.1. The van der Waals surface area contributed by atoms with Gasteiger partial charge in [0.15, 0.2) is 5.78 Å². The molecule has 0 amide bonds. The third kappa shape index (κ3) is 3.72. The molecule has 0 bridgehead atoms. The van der Waals surface area contributed by atoms with Gasteiger partial charge < -0.3 is 5.73 Å². The summed E-state index contributed by atoms with van der Waals surface area (Å²) in [6.45, 7) is 0. The summed E-state index contributed by atoms with van der Waals surface area (Å²) in [5, 5.41) is 0. The van der Waals surface area contributed by atoms with Crippen LogP contribution in [-0.4, -0.2) is 5.78 Å². The number of nitrogens with two attached hydrogens (primary N) is 1. The maximum absolute atomic E-state index is 12.4. The van der Waals surface area contributed by atoms with E-state index in [-0.39, 0.29) is 11.3 Å². The summed E-state index contributed by atoms with van der Waals surface area (Å²) < 4.78 is 37.3. The van der Waals surface area contributed by atoms with Gasteiger partial charge in [-0.15, -0.1) is 0 Å². The zero-order chi connectivity index (χ0) is 15.5. The first kappa shape index (κ1) is 14.8. The molecule has 0 heterocycles. The second-order valence-corrected chi connectivity index (χ2v) is 4.40. The van der Waals surface area contributed by atoms with Gasteiger partial charge in [0, 0.05) is 11.3 Å². The van der Waals surface area contributed by atoms with Crippen molar-refractivity contribution < 1.29 is 18.0 Å². The minimum Gasteiger partial charge on any atom is -0.398 e. The van der Waals surface area contributed by atoms with E-state index in [1.165, 1.54) is 12.2 Å². The number of nitrogen functional groups attached to an aromatic ring is 1. The van der Waals surface area contributed by atoms with Crippen LogP contribution < -0.4 is 5.73 Å². The van der Waals surface area contributed by atoms with Gasteiger partial charge in [-0.05, 0) is 35.9 Å². The van der Waals surface area contributed by atoms with E-state index in [2.05, 4.69) is 0 Å². The van der Waals surface area contributed by atoms with Crippen LogP contribution in [0.5, 0.6) is 0 Å². The van der Waals surface area contributed by atoms with Gasteiger partial charge in [-0.3, -0.25) is 4.79 Å². The number of ketones is 1. The molecule has 0 fully saturated rings. The molecule has 0 aliphatic carbocycles. The fourth-order valence-electron chi connectivity index (χ4n) is 1.75. The van der Waals surface area contributed by atoms with Crippen molar-refractivity contribution in [2.24, 2.45) is 0 Å². The number of anilines is 1. The van der Waals surface area contributed by atoms with Crippen molar-refractivity contribution >= 4 is 17.5 Å². The molecule has 108 valence electrons. The zero-order valence-corrected chi connectivity index (χ0v) is 10.9. The van der Waals surface area contributed by atoms with E-state index in [9.17, 15) is 18.0 Å². The largest absolute Gasteiger partial charge is 0.416 e. The Labute approximate surface area is 119 Å². The van der Waals surface area contributed by atoms with Crippen molar-refractivity contribution in [3.05, 3.63) is 71.3 Å². The predicted octanol–water partition coefficient (Wildman–Crippen LogP) is 4.18. The Morgan fingerprint density at radius 3 is 2.19 bits per heavy atom. The number of rotatable bonds is 3. The lowest BCUT2D eigenvalue weighted by molar-refractivity contribution is -0.137. The molecule has 0 aliphatic rings. The van der Waals surface area contributed by atoms with Crippen LogP contribution in [0.25, 0.3) is 6.08 Å². The molecule has 0 atom stereocenters. The van der Waals surface area contributed by atoms with E-state index in [1.54, 1.807) is 24.3 Å². The monoisotopic (exact) mass is 291 g/mol. The third-order valence-corrected chi connectivity index (χ3v) is 2.91. The first-order valence-corrected chi connectivity index (χ1v) is 6.12. The number of halogens is 3. The van der Waals surface area contributed by atoms with Crippen LogP contribution in [0.4, 0.5) is 18.9 Å². The number of hydrogen-bond acceptors (Lipinski definition) is 2. The Morgan fingerprint density at radius 2 is 1.62 bits per heavy atom. The van der Waals surface area contributed by atoms with Crippen LogP contribution in [0.1, 0.15) is 21.5 Å². The molecule has 0 radical (unpaired) electrons. The van der Waals surface area contributed by atoms with E-state index < -0.39 is 11.7 Å². The summed E-state index contributed by atoms with van der Waals surface area (Å²) in [7, 11) is 0. The minimum absolute atomic E-state index is 0.189. The van der Waals surface area contributed by atoms with Crippen LogP contribution in [-0.2, 0) is 6.18 Å². The number of alkyl halides is 3. The van der Waals surface area contributed by atoms with Gasteiger partial charge in [-0.2, -0.15) is 13.2 Å². The highest BCUT2D eigenvalue weighted by Gasteiger charge is 2.30. The maximum atomic E-state index is 12.4. The Bertz CT molecular complexity index is 673. The summed E-state index contributed by atoms with van der Waals surface area (Å²) in [5.41, 5.74) is 6.33. The SMILES string of the molecule is Nc1ccccc1C=CC(=O)c1ccc(C(F)(F)F)cc1. The van der Waals surface area contributed by atoms with Crippen molar-refractivity contribution in [3.63, 3.8) is 0 Å². The number of para-hydroxylation sites is 1. The summed E-state index contributed by atoms with van der Waals surface area (Å²) in [6, 6.07) is 11.1. The summed E-state index contributed by atoms with van der Waals surface area (Å²) in [5.74, 6) is -0.382. The normalized spacial score (nSPS) is 11.8. The molecule has 2 aromatic carbocycles. The van der Waals surface area contributed by atoms with Gasteiger partial charge in [-0.1, -0.05) is 30.3 Å². The maximum Gasteiger partial charge on any atom is 0.416 e. The molecule has 2 N–H and O–H groups in total. The summed E-state index contributed by atoms with van der Waals surface area (Å²) in [4.78, 5) is 11.9. The van der Waals surface area contributed by atoms with Crippen molar-refractivity contribution in [1.29, 1.82) is 0 Å². The summed E-state index contributed by atoms with van der Waals surface area (Å²) >= 11 is 0. The minimum atomic E-state index is -4.41. The molecule has 2 nitrogen and oxygen atoms in total. The first-order chi connectivity index (χ1) is 9.88. The second kappa shape index (κ2) is 5.83. The first-order valence-electron chi connectivity index (χ1n) is 6.12. The highest BCUT2D eigenvalue weighted by Crippen LogP contribution is 2.29. The lowest BCUT2D eigenvalue weighted by Crippen LogP contribution is -2.05. The number of hydrogen-bond donors (Lipinski definition) is 1. The Morgan fingerprint density at radius 1 is 1.00 bits per heavy atom. The average Bonchev–Trinajstić information content (AvgIpc) is 2.45. The molecule has 0 saturated carbocycles. The highest BCUT2D eigenvalue weighted by molar-refractivity contribution is 6.07. The van der Waals surface area contributed by atoms with Gasteiger partial charge in [-0.25, -0.2) is 0 Å². The van der Waals surface area contributed by atoms with E-state index in [4.69, 9.17) is 5.73 Å². The molecular formula is C16H12F3NO. The van der Waals surface area contributed by atoms with Crippen molar-refractivity contribution in [2.45, 2.75) is 6.18 Å². The zero-order valence-electron chi connectivity index (χ0n) is 10.9. The van der Waals surface area contributed by atoms with Crippen LogP contribution in [0.15, 0.2) is 54.6 Å². The number of benzene rings is 2. The molecule has 2 rings (SSSR count). The van der Waals surface area contributed by atoms with Gasteiger partial charge in [0.1, 0.15) is 0 Å². The van der Waals surface area contributed by atoms with Gasteiger partial charge in [0.25, 0.3) is 0 Å². The Kier molecular flexibility index (Phi) is 4.12. The van der Waals surface area contributed by atoms with Gasteiger partial charge in [0.05, 0.1) is 5.56 Å². The van der Waals surface area contributed by atoms with E-state index in [0.717, 1.165) is 24.3 Å². The van der Waals surface area contributed by atoms with Crippen LogP contribution in [0, 0.1) is 0 Å². The number of carbonyl (C=O) groups excluding carboxylic acids is 1. The van der Waals surface area contributed by atoms with Crippen molar-refractivity contribution in [1.82, 2.24) is 0 Å². The lowest BCUT2D eigenvalue weighted by Gasteiger charge is -2.06. The fraction of sp³-hybridized carbons (Fsp3) is 0.0625. The fourth-order valence-corrected chi connectivity index (χ4v) is 1.75. The number of allylic oxidation sites excluding steroid dienone is 1. The van der Waals surface area contributed by atoms with E-state index in [1.807, 2.05) is 0 Å².